The van der Waals surface area contributed by atoms with Gasteiger partial charge in [-0.05, 0) is 43.9 Å². The van der Waals surface area contributed by atoms with E-state index in [2.05, 4.69) is 22.2 Å². The number of alkyl halides is 2. The maximum absolute atomic E-state index is 14.3. The van der Waals surface area contributed by atoms with Gasteiger partial charge < -0.3 is 19.5 Å². The monoisotopic (exact) mass is 559 g/mol. The zero-order valence-electron chi connectivity index (χ0n) is 22.0. The molecule has 0 radical (unpaired) electrons. The molecule has 0 bridgehead atoms. The normalized spacial score (nSPS) is 15.2. The van der Waals surface area contributed by atoms with Gasteiger partial charge >= 0.3 is 0 Å². The Labute approximate surface area is 231 Å². The van der Waals surface area contributed by atoms with Gasteiger partial charge in [0.2, 0.25) is 11.9 Å². The molecular weight excluding hydrogens is 528 g/mol. The molecule has 0 saturated heterocycles. The van der Waals surface area contributed by atoms with Gasteiger partial charge in [0.05, 0.1) is 22.6 Å². The van der Waals surface area contributed by atoms with E-state index in [-0.39, 0.29) is 28.6 Å². The predicted molar refractivity (Wildman–Crippen MR) is 149 cm³/mol. The topological polar surface area (TPSA) is 88.5 Å². The summed E-state index contributed by atoms with van der Waals surface area (Å²) in [6.45, 7) is 4.66. The number of amides is 2. The Bertz CT molecular complexity index is 1360. The molecule has 2 heterocycles. The van der Waals surface area contributed by atoms with Crippen LogP contribution in [0.5, 0.6) is 5.75 Å². The van der Waals surface area contributed by atoms with Gasteiger partial charge in [0, 0.05) is 31.3 Å². The Morgan fingerprint density at radius 2 is 2.03 bits per heavy atom. The predicted octanol–water partition coefficient (Wildman–Crippen LogP) is 5.83. The fraction of sp³-hybridized carbons (Fsp3) is 0.393. The lowest BCUT2D eigenvalue weighted by Crippen LogP contribution is -2.36. The third-order valence-electron chi connectivity index (χ3n) is 6.69. The number of fused-ring (bicyclic) bond motifs is 2. The number of carbonyl (C=O) groups excluding carboxylic acids is 2. The first-order valence-corrected chi connectivity index (χ1v) is 13.3. The van der Waals surface area contributed by atoms with E-state index in [1.165, 1.54) is 11.0 Å². The largest absolute Gasteiger partial charge is 0.485 e. The maximum Gasteiger partial charge on any atom is 0.298 e. The van der Waals surface area contributed by atoms with Crippen molar-refractivity contribution in [3.63, 3.8) is 0 Å². The summed E-state index contributed by atoms with van der Waals surface area (Å²) >= 11 is 6.93. The number of anilines is 2. The molecule has 2 amide bonds. The quantitative estimate of drug-likeness (QED) is 0.241. The van der Waals surface area contributed by atoms with E-state index in [1.807, 2.05) is 17.6 Å². The van der Waals surface area contributed by atoms with Crippen molar-refractivity contribution in [1.29, 1.82) is 0 Å². The molecule has 0 spiro atoms. The van der Waals surface area contributed by atoms with Gasteiger partial charge in [-0.3, -0.25) is 14.9 Å². The number of ether oxygens (including phenoxy) is 1. The number of nitrogens with one attached hydrogen (secondary N) is 2. The lowest BCUT2D eigenvalue weighted by Gasteiger charge is -2.24. The molecule has 0 saturated carbocycles. The first-order chi connectivity index (χ1) is 18.6. The number of hydrogen-bond acceptors (Lipinski definition) is 5. The summed E-state index contributed by atoms with van der Waals surface area (Å²) < 4.78 is 35.9. The second-order valence-corrected chi connectivity index (χ2v) is 9.96. The van der Waals surface area contributed by atoms with Gasteiger partial charge in [-0.15, -0.1) is 0 Å². The zero-order chi connectivity index (χ0) is 28.2. The number of rotatable bonds is 10. The highest BCUT2D eigenvalue weighted by Crippen LogP contribution is 2.46. The second-order valence-electron chi connectivity index (χ2n) is 9.58. The third-order valence-corrected chi connectivity index (χ3v) is 7.05. The summed E-state index contributed by atoms with van der Waals surface area (Å²) in [5, 5.41) is 5.92. The maximum atomic E-state index is 14.3. The second kappa shape index (κ2) is 12.0. The Kier molecular flexibility index (Phi) is 8.74. The van der Waals surface area contributed by atoms with Crippen molar-refractivity contribution in [2.45, 2.75) is 44.6 Å². The molecule has 1 aliphatic rings. The Morgan fingerprint density at radius 1 is 1.28 bits per heavy atom. The average molecular weight is 560 g/mol. The minimum atomic E-state index is -3.05. The highest BCUT2D eigenvalue weighted by Gasteiger charge is 2.38. The molecule has 2 aromatic carbocycles. The van der Waals surface area contributed by atoms with Gasteiger partial charge in [-0.1, -0.05) is 43.3 Å². The molecular formula is C28H32ClF2N5O3. The highest BCUT2D eigenvalue weighted by molar-refractivity contribution is 6.38. The van der Waals surface area contributed by atoms with Gasteiger partial charge in [-0.2, -0.15) is 0 Å². The number of imidazole rings is 1. The molecule has 1 aromatic heterocycles. The smallest absolute Gasteiger partial charge is 0.298 e. The molecule has 0 unspecified atom stereocenters. The van der Waals surface area contributed by atoms with Crippen molar-refractivity contribution in [3.8, 4) is 5.75 Å². The SMILES string of the molecule is C=CC(=O)NCCCC[C@H](CC)n1c(NC(=O)c2ccccc2)nc2cc3c(c(Cl)c21)N(C)CC(F)(F)CO3. The Balaban J connectivity index is 1.74. The van der Waals surface area contributed by atoms with E-state index in [0.717, 1.165) is 12.8 Å². The van der Waals surface area contributed by atoms with Crippen molar-refractivity contribution in [2.24, 2.45) is 0 Å². The van der Waals surface area contributed by atoms with Crippen LogP contribution in [0.25, 0.3) is 11.0 Å². The minimum absolute atomic E-state index is 0.120. The van der Waals surface area contributed by atoms with E-state index >= 15 is 0 Å². The molecule has 4 rings (SSSR count). The summed E-state index contributed by atoms with van der Waals surface area (Å²) in [5.41, 5.74) is 1.78. The van der Waals surface area contributed by atoms with Crippen molar-refractivity contribution in [1.82, 2.24) is 14.9 Å². The van der Waals surface area contributed by atoms with Crippen LogP contribution in [0.3, 0.4) is 0 Å². The molecule has 11 heteroatoms. The third kappa shape index (κ3) is 6.33. The molecule has 3 aromatic rings. The highest BCUT2D eigenvalue weighted by atomic mass is 35.5. The first-order valence-electron chi connectivity index (χ1n) is 12.9. The number of carbonyl (C=O) groups is 2. The molecule has 208 valence electrons. The van der Waals surface area contributed by atoms with E-state index in [9.17, 15) is 18.4 Å². The van der Waals surface area contributed by atoms with Crippen LogP contribution in [0, 0.1) is 0 Å². The summed E-state index contributed by atoms with van der Waals surface area (Å²) in [5.74, 6) is -3.09. The number of unbranched alkanes of at least 4 members (excludes halogenated alkanes) is 1. The van der Waals surface area contributed by atoms with Crippen LogP contribution in [0.1, 0.15) is 49.0 Å². The summed E-state index contributed by atoms with van der Waals surface area (Å²) in [6.07, 6.45) is 4.15. The van der Waals surface area contributed by atoms with Crippen molar-refractivity contribution in [2.75, 3.05) is 37.0 Å². The number of aromatic nitrogens is 2. The minimum Gasteiger partial charge on any atom is -0.485 e. The van der Waals surface area contributed by atoms with E-state index < -0.39 is 19.1 Å². The van der Waals surface area contributed by atoms with Gasteiger partial charge in [0.25, 0.3) is 11.8 Å². The van der Waals surface area contributed by atoms with Crippen LogP contribution in [0.2, 0.25) is 5.02 Å². The molecule has 8 nitrogen and oxygen atoms in total. The van der Waals surface area contributed by atoms with Crippen molar-refractivity contribution < 1.29 is 23.1 Å². The van der Waals surface area contributed by atoms with Gasteiger partial charge in [0.15, 0.2) is 6.61 Å². The van der Waals surface area contributed by atoms with Gasteiger partial charge in [-0.25, -0.2) is 13.8 Å². The first kappa shape index (κ1) is 28.4. The van der Waals surface area contributed by atoms with Crippen LogP contribution in [0.15, 0.2) is 49.1 Å². The Morgan fingerprint density at radius 3 is 2.72 bits per heavy atom. The van der Waals surface area contributed by atoms with E-state index in [0.29, 0.717) is 47.6 Å². The number of benzene rings is 2. The summed E-state index contributed by atoms with van der Waals surface area (Å²) in [4.78, 5) is 30.6. The van der Waals surface area contributed by atoms with E-state index in [4.69, 9.17) is 16.3 Å². The molecule has 0 aliphatic carbocycles. The zero-order valence-corrected chi connectivity index (χ0v) is 22.7. The lowest BCUT2D eigenvalue weighted by atomic mass is 10.1. The molecule has 39 heavy (non-hydrogen) atoms. The lowest BCUT2D eigenvalue weighted by molar-refractivity contribution is -0.116. The Hall–Kier alpha value is -3.66. The van der Waals surface area contributed by atoms with Crippen LogP contribution in [0.4, 0.5) is 20.4 Å². The van der Waals surface area contributed by atoms with Crippen LogP contribution in [-0.2, 0) is 4.79 Å². The number of hydrogen-bond donors (Lipinski definition) is 2. The fourth-order valence-electron chi connectivity index (χ4n) is 4.81. The van der Waals surface area contributed by atoms with E-state index in [1.54, 1.807) is 37.4 Å². The van der Waals surface area contributed by atoms with Gasteiger partial charge in [0.1, 0.15) is 11.4 Å². The molecule has 0 fully saturated rings. The van der Waals surface area contributed by atoms with Crippen LogP contribution < -0.4 is 20.3 Å². The number of nitrogens with zero attached hydrogens (tertiary/aromatic N) is 3. The fourth-order valence-corrected chi connectivity index (χ4v) is 5.24. The number of halogens is 3. The average Bonchev–Trinajstić information content (AvgIpc) is 3.21. The summed E-state index contributed by atoms with van der Waals surface area (Å²) in [6, 6.07) is 10.3. The molecule has 1 aliphatic heterocycles. The standard InChI is InChI=1S/C28H32ClF2N5O3/c1-4-19(13-9-10-14-32-22(37)5-2)36-24-20(33-27(36)34-26(38)18-11-7-6-8-12-18)15-21-25(23(24)29)35(3)16-28(30,31)17-39-21/h5-8,11-12,15,19H,2,4,9-10,13-14,16-17H2,1,3H3,(H,32,37)(H,33,34,38)/t19-/m0/s1. The molecule has 2 N–H and O–H groups in total. The van der Waals surface area contributed by atoms with Crippen LogP contribution >= 0.6 is 11.6 Å². The van der Waals surface area contributed by atoms with Crippen molar-refractivity contribution in [3.05, 3.63) is 59.6 Å². The van der Waals surface area contributed by atoms with Crippen molar-refractivity contribution >= 4 is 46.1 Å². The van der Waals surface area contributed by atoms with Crippen LogP contribution in [-0.4, -0.2) is 54.0 Å². The molecule has 1 atom stereocenters. The summed E-state index contributed by atoms with van der Waals surface area (Å²) in [7, 11) is 1.55.